The number of carbonyl (C=O) groups excluding carboxylic acids is 1. The fourth-order valence-corrected chi connectivity index (χ4v) is 5.04. The highest BCUT2D eigenvalue weighted by Crippen LogP contribution is 2.21. The second-order valence-corrected chi connectivity index (χ2v) is 9.14. The maximum atomic E-state index is 12.8. The molecule has 1 amide bonds. The molecule has 0 spiro atoms. The Labute approximate surface area is 172 Å². The van der Waals surface area contributed by atoms with E-state index < -0.39 is 10.0 Å². The standard InChI is InChI=1S/C22H28N2O4S/c1-28-20-11-5-8-18(16-20)9-7-13-23-22(25)19-10-6-12-21(17-19)29(26,27)24-14-3-2-4-15-24/h5-6,8,10-12,16-17H,2-4,7,9,13-15H2,1H3,(H,23,25). The summed E-state index contributed by atoms with van der Waals surface area (Å²) in [6.07, 6.45) is 4.43. The summed E-state index contributed by atoms with van der Waals surface area (Å²) < 4.78 is 32.4. The van der Waals surface area contributed by atoms with Gasteiger partial charge >= 0.3 is 0 Å². The molecule has 0 radical (unpaired) electrons. The minimum atomic E-state index is -3.54. The van der Waals surface area contributed by atoms with Gasteiger partial charge in [-0.15, -0.1) is 0 Å². The van der Waals surface area contributed by atoms with E-state index >= 15 is 0 Å². The summed E-state index contributed by atoms with van der Waals surface area (Å²) in [5.41, 5.74) is 1.51. The number of carbonyl (C=O) groups is 1. The van der Waals surface area contributed by atoms with E-state index in [1.165, 1.54) is 10.4 Å². The van der Waals surface area contributed by atoms with Gasteiger partial charge in [-0.3, -0.25) is 4.79 Å². The quantitative estimate of drug-likeness (QED) is 0.671. The van der Waals surface area contributed by atoms with Crippen LogP contribution >= 0.6 is 0 Å². The summed E-state index contributed by atoms with van der Waals surface area (Å²) >= 11 is 0. The van der Waals surface area contributed by atoms with Gasteiger partial charge in [0.1, 0.15) is 5.75 Å². The molecule has 0 aromatic heterocycles. The average molecular weight is 417 g/mol. The van der Waals surface area contributed by atoms with Gasteiger partial charge in [0.05, 0.1) is 12.0 Å². The number of aryl methyl sites for hydroxylation is 1. The van der Waals surface area contributed by atoms with E-state index in [9.17, 15) is 13.2 Å². The molecule has 0 bridgehead atoms. The van der Waals surface area contributed by atoms with Crippen LogP contribution in [0.15, 0.2) is 53.4 Å². The van der Waals surface area contributed by atoms with Gasteiger partial charge in [-0.2, -0.15) is 4.31 Å². The van der Waals surface area contributed by atoms with Crippen molar-refractivity contribution in [2.75, 3.05) is 26.7 Å². The molecule has 1 saturated heterocycles. The molecule has 156 valence electrons. The number of hydrogen-bond acceptors (Lipinski definition) is 4. The molecule has 6 nitrogen and oxygen atoms in total. The number of nitrogens with zero attached hydrogens (tertiary/aromatic N) is 1. The molecule has 29 heavy (non-hydrogen) atoms. The zero-order valence-corrected chi connectivity index (χ0v) is 17.6. The number of benzene rings is 2. The Hall–Kier alpha value is -2.38. The highest BCUT2D eigenvalue weighted by atomic mass is 32.2. The first-order chi connectivity index (χ1) is 14.0. The van der Waals surface area contributed by atoms with Crippen LogP contribution in [0.2, 0.25) is 0 Å². The summed E-state index contributed by atoms with van der Waals surface area (Å²) in [4.78, 5) is 12.7. The van der Waals surface area contributed by atoms with Crippen molar-refractivity contribution in [3.05, 3.63) is 59.7 Å². The van der Waals surface area contributed by atoms with E-state index in [-0.39, 0.29) is 10.8 Å². The number of hydrogen-bond donors (Lipinski definition) is 1. The van der Waals surface area contributed by atoms with Crippen molar-refractivity contribution < 1.29 is 17.9 Å². The number of ether oxygens (including phenoxy) is 1. The smallest absolute Gasteiger partial charge is 0.251 e. The number of piperidine rings is 1. The lowest BCUT2D eigenvalue weighted by atomic mass is 10.1. The second kappa shape index (κ2) is 9.89. The number of amides is 1. The molecule has 1 N–H and O–H groups in total. The lowest BCUT2D eigenvalue weighted by Gasteiger charge is -2.26. The Balaban J connectivity index is 1.56. The SMILES string of the molecule is COc1cccc(CCCNC(=O)c2cccc(S(=O)(=O)N3CCCCC3)c2)c1. The monoisotopic (exact) mass is 416 g/mol. The number of rotatable bonds is 8. The third-order valence-electron chi connectivity index (χ3n) is 5.11. The van der Waals surface area contributed by atoms with Crippen LogP contribution in [-0.2, 0) is 16.4 Å². The van der Waals surface area contributed by atoms with Gasteiger partial charge < -0.3 is 10.1 Å². The topological polar surface area (TPSA) is 75.7 Å². The van der Waals surface area contributed by atoms with E-state index in [1.54, 1.807) is 25.3 Å². The largest absolute Gasteiger partial charge is 0.497 e. The van der Waals surface area contributed by atoms with E-state index in [1.807, 2.05) is 24.3 Å². The Morgan fingerprint density at radius 2 is 1.83 bits per heavy atom. The molecule has 1 aliphatic rings. The lowest BCUT2D eigenvalue weighted by molar-refractivity contribution is 0.0953. The Bertz CT molecular complexity index is 937. The fraction of sp³-hybridized carbons (Fsp3) is 0.409. The van der Waals surface area contributed by atoms with Crippen LogP contribution in [0.3, 0.4) is 0 Å². The van der Waals surface area contributed by atoms with Crippen molar-refractivity contribution in [3.8, 4) is 5.75 Å². The van der Waals surface area contributed by atoms with Crippen LogP contribution in [-0.4, -0.2) is 45.4 Å². The van der Waals surface area contributed by atoms with Crippen LogP contribution in [0.1, 0.15) is 41.6 Å². The Morgan fingerprint density at radius 1 is 1.07 bits per heavy atom. The van der Waals surface area contributed by atoms with Crippen LogP contribution in [0.25, 0.3) is 0 Å². The molecule has 2 aromatic rings. The number of sulfonamides is 1. The molecule has 2 aromatic carbocycles. The molecule has 3 rings (SSSR count). The third-order valence-corrected chi connectivity index (χ3v) is 7.01. The van der Waals surface area contributed by atoms with Crippen molar-refractivity contribution >= 4 is 15.9 Å². The van der Waals surface area contributed by atoms with Crippen LogP contribution in [0, 0.1) is 0 Å². The van der Waals surface area contributed by atoms with E-state index in [0.29, 0.717) is 25.2 Å². The van der Waals surface area contributed by atoms with Crippen molar-refractivity contribution in [3.63, 3.8) is 0 Å². The predicted molar refractivity (Wildman–Crippen MR) is 113 cm³/mol. The predicted octanol–water partition coefficient (Wildman–Crippen LogP) is 3.23. The van der Waals surface area contributed by atoms with Crippen molar-refractivity contribution in [2.24, 2.45) is 0 Å². The third kappa shape index (κ3) is 5.58. The van der Waals surface area contributed by atoms with Crippen molar-refractivity contribution in [2.45, 2.75) is 37.0 Å². The minimum Gasteiger partial charge on any atom is -0.497 e. The highest BCUT2D eigenvalue weighted by Gasteiger charge is 2.26. The Morgan fingerprint density at radius 3 is 2.59 bits per heavy atom. The Kier molecular flexibility index (Phi) is 7.28. The lowest BCUT2D eigenvalue weighted by Crippen LogP contribution is -2.35. The van der Waals surface area contributed by atoms with E-state index in [0.717, 1.165) is 43.4 Å². The van der Waals surface area contributed by atoms with E-state index in [4.69, 9.17) is 4.74 Å². The molecule has 0 atom stereocenters. The van der Waals surface area contributed by atoms with Gasteiger partial charge in [0.2, 0.25) is 10.0 Å². The molecular formula is C22H28N2O4S. The first kappa shape index (κ1) is 21.3. The summed E-state index contributed by atoms with van der Waals surface area (Å²) in [5.74, 6) is 0.560. The summed E-state index contributed by atoms with van der Waals surface area (Å²) in [6.45, 7) is 1.60. The van der Waals surface area contributed by atoms with Crippen LogP contribution in [0.5, 0.6) is 5.75 Å². The highest BCUT2D eigenvalue weighted by molar-refractivity contribution is 7.89. The van der Waals surface area contributed by atoms with Gasteiger partial charge in [0.25, 0.3) is 5.91 Å². The van der Waals surface area contributed by atoms with Gasteiger partial charge in [0, 0.05) is 25.2 Å². The van der Waals surface area contributed by atoms with Crippen molar-refractivity contribution in [1.82, 2.24) is 9.62 Å². The van der Waals surface area contributed by atoms with Gasteiger partial charge in [0.15, 0.2) is 0 Å². The molecule has 0 unspecified atom stereocenters. The maximum absolute atomic E-state index is 12.8. The number of nitrogens with one attached hydrogen (secondary N) is 1. The van der Waals surface area contributed by atoms with Crippen LogP contribution < -0.4 is 10.1 Å². The molecule has 1 heterocycles. The van der Waals surface area contributed by atoms with Gasteiger partial charge in [-0.25, -0.2) is 8.42 Å². The molecule has 0 saturated carbocycles. The van der Waals surface area contributed by atoms with Crippen LogP contribution in [0.4, 0.5) is 0 Å². The fourth-order valence-electron chi connectivity index (χ4n) is 3.48. The molecule has 1 fully saturated rings. The van der Waals surface area contributed by atoms with E-state index in [2.05, 4.69) is 5.32 Å². The zero-order valence-electron chi connectivity index (χ0n) is 16.8. The van der Waals surface area contributed by atoms with Gasteiger partial charge in [-0.05, 0) is 61.6 Å². The summed E-state index contributed by atoms with van der Waals surface area (Å²) in [6, 6.07) is 14.2. The first-order valence-electron chi connectivity index (χ1n) is 10.0. The zero-order chi connectivity index (χ0) is 20.7. The summed E-state index contributed by atoms with van der Waals surface area (Å²) in [7, 11) is -1.91. The van der Waals surface area contributed by atoms with Crippen molar-refractivity contribution in [1.29, 1.82) is 0 Å². The molecular weight excluding hydrogens is 388 g/mol. The number of methoxy groups -OCH3 is 1. The minimum absolute atomic E-state index is 0.184. The second-order valence-electron chi connectivity index (χ2n) is 7.20. The normalized spacial score (nSPS) is 15.1. The first-order valence-corrected chi connectivity index (χ1v) is 11.5. The van der Waals surface area contributed by atoms with Gasteiger partial charge in [-0.1, -0.05) is 24.6 Å². The average Bonchev–Trinajstić information content (AvgIpc) is 2.77. The summed E-state index contributed by atoms with van der Waals surface area (Å²) in [5, 5.41) is 2.88. The molecule has 0 aliphatic carbocycles. The maximum Gasteiger partial charge on any atom is 0.251 e. The molecule has 7 heteroatoms. The molecule has 1 aliphatic heterocycles.